The topological polar surface area (TPSA) is 100 Å². The molecule has 2 aromatic heterocycles. The molecule has 3 amide bonds. The first-order valence-electron chi connectivity index (χ1n) is 8.62. The number of fused-ring (bicyclic) bond motifs is 1. The Hall–Kier alpha value is -3.91. The van der Waals surface area contributed by atoms with Gasteiger partial charge in [0.2, 0.25) is 0 Å². The minimum atomic E-state index is -0.386. The van der Waals surface area contributed by atoms with Gasteiger partial charge in [-0.25, -0.2) is 4.79 Å². The number of nitrogens with zero attached hydrogens (tertiary/aromatic N) is 3. The van der Waals surface area contributed by atoms with Crippen molar-refractivity contribution in [1.82, 2.24) is 14.8 Å². The maximum Gasteiger partial charge on any atom is 0.323 e. The van der Waals surface area contributed by atoms with Crippen molar-refractivity contribution in [1.29, 1.82) is 0 Å². The molecule has 0 atom stereocenters. The SMILES string of the molecule is O=C(Nc1ccc(Cl)cc1)Nc1ccc(NC(=O)c2cnn3ncccc23)cc1. The largest absolute Gasteiger partial charge is 0.323 e. The fourth-order valence-corrected chi connectivity index (χ4v) is 2.80. The molecule has 0 unspecified atom stereocenters. The number of carbonyl (C=O) groups is 2. The summed E-state index contributed by atoms with van der Waals surface area (Å²) in [5.41, 5.74) is 2.82. The van der Waals surface area contributed by atoms with Crippen LogP contribution in [0.1, 0.15) is 10.4 Å². The normalized spacial score (nSPS) is 10.5. The summed E-state index contributed by atoms with van der Waals surface area (Å²) in [5, 5.41) is 16.9. The van der Waals surface area contributed by atoms with Crippen LogP contribution < -0.4 is 16.0 Å². The fourth-order valence-electron chi connectivity index (χ4n) is 2.67. The number of aromatic nitrogens is 3. The summed E-state index contributed by atoms with van der Waals surface area (Å²) < 4.78 is 1.39. The highest BCUT2D eigenvalue weighted by Crippen LogP contribution is 2.17. The maximum atomic E-state index is 12.5. The van der Waals surface area contributed by atoms with Crippen LogP contribution >= 0.6 is 11.6 Å². The third-order valence-corrected chi connectivity index (χ3v) is 4.30. The lowest BCUT2D eigenvalue weighted by Gasteiger charge is -2.09. The van der Waals surface area contributed by atoms with Crippen molar-refractivity contribution in [2.45, 2.75) is 0 Å². The Labute approximate surface area is 170 Å². The van der Waals surface area contributed by atoms with Gasteiger partial charge in [-0.15, -0.1) is 0 Å². The Balaban J connectivity index is 1.38. The molecule has 0 saturated heterocycles. The Bertz CT molecular complexity index is 1170. The molecule has 0 spiro atoms. The molecule has 4 rings (SSSR count). The first-order valence-corrected chi connectivity index (χ1v) is 9.00. The van der Waals surface area contributed by atoms with Crippen LogP contribution in [0, 0.1) is 0 Å². The van der Waals surface area contributed by atoms with Gasteiger partial charge < -0.3 is 16.0 Å². The number of benzene rings is 2. The van der Waals surface area contributed by atoms with Crippen molar-refractivity contribution in [3.8, 4) is 0 Å². The van der Waals surface area contributed by atoms with E-state index in [1.165, 1.54) is 10.8 Å². The van der Waals surface area contributed by atoms with Gasteiger partial charge in [-0.2, -0.15) is 14.8 Å². The Kier molecular flexibility index (Phi) is 5.08. The van der Waals surface area contributed by atoms with E-state index in [4.69, 9.17) is 11.6 Å². The number of amides is 3. The minimum Gasteiger partial charge on any atom is -0.322 e. The van der Waals surface area contributed by atoms with Crippen LogP contribution in [0.2, 0.25) is 5.02 Å². The molecule has 0 aliphatic rings. The van der Waals surface area contributed by atoms with E-state index in [1.54, 1.807) is 66.9 Å². The van der Waals surface area contributed by atoms with Crippen molar-refractivity contribution >= 4 is 46.1 Å². The predicted octanol–water partition coefficient (Wildman–Crippen LogP) is 4.28. The molecule has 144 valence electrons. The molecule has 0 aliphatic heterocycles. The molecule has 8 nitrogen and oxygen atoms in total. The number of rotatable bonds is 4. The van der Waals surface area contributed by atoms with Gasteiger partial charge >= 0.3 is 6.03 Å². The van der Waals surface area contributed by atoms with Gasteiger partial charge in [-0.1, -0.05) is 11.6 Å². The van der Waals surface area contributed by atoms with Gasteiger partial charge in [0.25, 0.3) is 5.91 Å². The lowest BCUT2D eigenvalue weighted by molar-refractivity contribution is 0.102. The second-order valence-electron chi connectivity index (χ2n) is 6.07. The number of hydrogen-bond acceptors (Lipinski definition) is 4. The zero-order valence-electron chi connectivity index (χ0n) is 15.0. The van der Waals surface area contributed by atoms with Crippen LogP contribution in [0.25, 0.3) is 5.52 Å². The van der Waals surface area contributed by atoms with Gasteiger partial charge in [-0.3, -0.25) is 4.79 Å². The highest BCUT2D eigenvalue weighted by molar-refractivity contribution is 6.30. The number of carbonyl (C=O) groups excluding carboxylic acids is 2. The minimum absolute atomic E-state index is 0.297. The van der Waals surface area contributed by atoms with E-state index in [0.29, 0.717) is 33.2 Å². The molecule has 0 fully saturated rings. The van der Waals surface area contributed by atoms with Gasteiger partial charge in [0.05, 0.1) is 11.8 Å². The van der Waals surface area contributed by atoms with E-state index >= 15 is 0 Å². The molecule has 0 saturated carbocycles. The molecule has 2 aromatic carbocycles. The Morgan fingerprint density at radius 2 is 1.38 bits per heavy atom. The molecular formula is C20H15ClN6O2. The molecule has 0 radical (unpaired) electrons. The molecule has 4 aromatic rings. The third kappa shape index (κ3) is 4.33. The van der Waals surface area contributed by atoms with Crippen molar-refractivity contribution < 1.29 is 9.59 Å². The average molecular weight is 407 g/mol. The smallest absolute Gasteiger partial charge is 0.322 e. The van der Waals surface area contributed by atoms with Crippen molar-refractivity contribution in [2.75, 3.05) is 16.0 Å². The van der Waals surface area contributed by atoms with Gasteiger partial charge in [0, 0.05) is 28.3 Å². The third-order valence-electron chi connectivity index (χ3n) is 4.05. The fraction of sp³-hybridized carbons (Fsp3) is 0. The van der Waals surface area contributed by atoms with Crippen LogP contribution in [0.5, 0.6) is 0 Å². The van der Waals surface area contributed by atoms with Gasteiger partial charge in [0.1, 0.15) is 5.52 Å². The zero-order valence-corrected chi connectivity index (χ0v) is 15.7. The van der Waals surface area contributed by atoms with Crippen LogP contribution in [-0.2, 0) is 0 Å². The lowest BCUT2D eigenvalue weighted by atomic mass is 10.2. The number of hydrogen-bond donors (Lipinski definition) is 3. The van der Waals surface area contributed by atoms with E-state index in [0.717, 1.165) is 0 Å². The summed E-state index contributed by atoms with van der Waals surface area (Å²) in [6.07, 6.45) is 3.06. The average Bonchev–Trinajstić information content (AvgIpc) is 3.15. The predicted molar refractivity (Wildman–Crippen MR) is 111 cm³/mol. The molecule has 9 heteroatoms. The quantitative estimate of drug-likeness (QED) is 0.471. The van der Waals surface area contributed by atoms with Crippen molar-refractivity contribution in [3.05, 3.63) is 83.6 Å². The zero-order chi connectivity index (χ0) is 20.2. The van der Waals surface area contributed by atoms with E-state index in [2.05, 4.69) is 26.1 Å². The summed E-state index contributed by atoms with van der Waals surface area (Å²) in [6, 6.07) is 16.7. The molecule has 0 bridgehead atoms. The standard InChI is InChI=1S/C20H15ClN6O2/c21-13-3-5-15(6-4-13)25-20(29)26-16-9-7-14(8-10-16)24-19(28)17-12-23-27-18(17)2-1-11-22-27/h1-12H,(H,24,28)(H2,25,26,29). The summed E-state index contributed by atoms with van der Waals surface area (Å²) in [7, 11) is 0. The Morgan fingerprint density at radius 1 is 0.793 bits per heavy atom. The molecular weight excluding hydrogens is 392 g/mol. The number of halogens is 1. The second kappa shape index (κ2) is 7.99. The van der Waals surface area contributed by atoms with E-state index in [1.807, 2.05) is 0 Å². The summed E-state index contributed by atoms with van der Waals surface area (Å²) in [5.74, 6) is -0.297. The highest BCUT2D eigenvalue weighted by atomic mass is 35.5. The summed E-state index contributed by atoms with van der Waals surface area (Å²) in [6.45, 7) is 0. The van der Waals surface area contributed by atoms with Gasteiger partial charge in [0.15, 0.2) is 0 Å². The second-order valence-corrected chi connectivity index (χ2v) is 6.51. The molecule has 2 heterocycles. The lowest BCUT2D eigenvalue weighted by Crippen LogP contribution is -2.19. The molecule has 3 N–H and O–H groups in total. The summed E-state index contributed by atoms with van der Waals surface area (Å²) in [4.78, 5) is 24.6. The molecule has 0 aliphatic carbocycles. The molecule has 29 heavy (non-hydrogen) atoms. The van der Waals surface area contributed by atoms with Crippen LogP contribution in [0.15, 0.2) is 73.1 Å². The van der Waals surface area contributed by atoms with E-state index < -0.39 is 0 Å². The first kappa shape index (κ1) is 18.5. The summed E-state index contributed by atoms with van der Waals surface area (Å²) >= 11 is 5.82. The van der Waals surface area contributed by atoms with Crippen molar-refractivity contribution in [3.63, 3.8) is 0 Å². The van der Waals surface area contributed by atoms with Crippen LogP contribution in [-0.4, -0.2) is 26.8 Å². The monoisotopic (exact) mass is 406 g/mol. The first-order chi connectivity index (χ1) is 14.1. The number of nitrogens with one attached hydrogen (secondary N) is 3. The van der Waals surface area contributed by atoms with Crippen molar-refractivity contribution in [2.24, 2.45) is 0 Å². The number of urea groups is 1. The van der Waals surface area contributed by atoms with E-state index in [-0.39, 0.29) is 11.9 Å². The number of anilines is 3. The van der Waals surface area contributed by atoms with Gasteiger partial charge in [-0.05, 0) is 60.7 Å². The Morgan fingerprint density at radius 3 is 2.03 bits per heavy atom. The van der Waals surface area contributed by atoms with Crippen LogP contribution in [0.3, 0.4) is 0 Å². The maximum absolute atomic E-state index is 12.5. The van der Waals surface area contributed by atoms with Crippen LogP contribution in [0.4, 0.5) is 21.9 Å². The van der Waals surface area contributed by atoms with E-state index in [9.17, 15) is 9.59 Å². The highest BCUT2D eigenvalue weighted by Gasteiger charge is 2.13.